The summed E-state index contributed by atoms with van der Waals surface area (Å²) >= 11 is 3.49. The van der Waals surface area contributed by atoms with Crippen LogP contribution in [0.5, 0.6) is 0 Å². The first-order valence-electron chi connectivity index (χ1n) is 7.04. The van der Waals surface area contributed by atoms with Gasteiger partial charge in [0.05, 0.1) is 0 Å². The van der Waals surface area contributed by atoms with Crippen LogP contribution in [0.1, 0.15) is 58.3 Å². The molecule has 98 valence electrons. The Balaban J connectivity index is 1.97. The molecule has 0 aromatic rings. The fourth-order valence-corrected chi connectivity index (χ4v) is 3.76. The summed E-state index contributed by atoms with van der Waals surface area (Å²) in [4.78, 5) is 14.9. The smallest absolute Gasteiger partial charge is 0.228 e. The first-order valence-corrected chi connectivity index (χ1v) is 8.16. The lowest BCUT2D eigenvalue weighted by molar-refractivity contribution is -0.142. The molecule has 17 heavy (non-hydrogen) atoms. The Kier molecular flexibility index (Phi) is 4.51. The summed E-state index contributed by atoms with van der Waals surface area (Å²) in [5, 5.41) is 1.06. The highest BCUT2D eigenvalue weighted by Gasteiger charge is 2.42. The second kappa shape index (κ2) is 5.73. The summed E-state index contributed by atoms with van der Waals surface area (Å²) in [6.07, 6.45) is 9.47. The Morgan fingerprint density at radius 3 is 2.71 bits per heavy atom. The van der Waals surface area contributed by atoms with Crippen molar-refractivity contribution in [3.63, 3.8) is 0 Å². The molecule has 1 unspecified atom stereocenters. The number of hydrogen-bond donors (Lipinski definition) is 0. The summed E-state index contributed by atoms with van der Waals surface area (Å²) < 4.78 is 0. The van der Waals surface area contributed by atoms with E-state index < -0.39 is 0 Å². The molecule has 1 saturated heterocycles. The molecule has 0 aromatic heterocycles. The summed E-state index contributed by atoms with van der Waals surface area (Å²) in [7, 11) is 0. The number of rotatable bonds is 4. The van der Waals surface area contributed by atoms with Crippen LogP contribution in [0.2, 0.25) is 0 Å². The topological polar surface area (TPSA) is 20.3 Å². The van der Waals surface area contributed by atoms with Gasteiger partial charge in [0, 0.05) is 23.3 Å². The first-order chi connectivity index (χ1) is 8.17. The lowest BCUT2D eigenvalue weighted by atomic mass is 9.86. The highest BCUT2D eigenvalue weighted by molar-refractivity contribution is 9.09. The van der Waals surface area contributed by atoms with Gasteiger partial charge < -0.3 is 4.90 Å². The van der Waals surface area contributed by atoms with Crippen molar-refractivity contribution >= 4 is 21.8 Å². The third-order valence-electron chi connectivity index (χ3n) is 4.53. The number of nitrogens with zero attached hydrogens (tertiary/aromatic N) is 1. The van der Waals surface area contributed by atoms with Gasteiger partial charge >= 0.3 is 0 Å². The van der Waals surface area contributed by atoms with Gasteiger partial charge in [-0.25, -0.2) is 0 Å². The van der Waals surface area contributed by atoms with Crippen molar-refractivity contribution in [3.05, 3.63) is 0 Å². The SMILES string of the molecule is CC1(C(=O)N2CCCC2CCCBr)CCCC1. The fraction of sp³-hybridized carbons (Fsp3) is 0.929. The van der Waals surface area contributed by atoms with Crippen molar-refractivity contribution in [2.24, 2.45) is 5.41 Å². The highest BCUT2D eigenvalue weighted by Crippen LogP contribution is 2.40. The number of likely N-dealkylation sites (tertiary alicyclic amines) is 1. The molecule has 0 radical (unpaired) electrons. The van der Waals surface area contributed by atoms with Gasteiger partial charge in [-0.3, -0.25) is 4.79 Å². The maximum Gasteiger partial charge on any atom is 0.228 e. The molecular formula is C14H24BrNO. The van der Waals surface area contributed by atoms with Crippen molar-refractivity contribution in [1.82, 2.24) is 4.90 Å². The molecule has 1 saturated carbocycles. The van der Waals surface area contributed by atoms with E-state index in [0.29, 0.717) is 11.9 Å². The zero-order chi connectivity index (χ0) is 12.3. The number of alkyl halides is 1. The van der Waals surface area contributed by atoms with E-state index in [-0.39, 0.29) is 5.41 Å². The third kappa shape index (κ3) is 2.86. The molecule has 2 fully saturated rings. The van der Waals surface area contributed by atoms with E-state index in [9.17, 15) is 4.79 Å². The molecule has 0 aromatic carbocycles. The maximum absolute atomic E-state index is 12.7. The fourth-order valence-electron chi connectivity index (χ4n) is 3.43. The largest absolute Gasteiger partial charge is 0.339 e. The van der Waals surface area contributed by atoms with E-state index in [2.05, 4.69) is 27.8 Å². The van der Waals surface area contributed by atoms with E-state index in [4.69, 9.17) is 0 Å². The Labute approximate surface area is 113 Å². The molecule has 0 bridgehead atoms. The average molecular weight is 302 g/mol. The third-order valence-corrected chi connectivity index (χ3v) is 5.09. The molecule has 2 aliphatic rings. The molecule has 2 nitrogen and oxygen atoms in total. The summed E-state index contributed by atoms with van der Waals surface area (Å²) in [6, 6.07) is 0.525. The predicted octanol–water partition coefficient (Wildman–Crippen LogP) is 3.73. The molecule has 1 aliphatic carbocycles. The zero-order valence-electron chi connectivity index (χ0n) is 10.9. The van der Waals surface area contributed by atoms with Crippen LogP contribution >= 0.6 is 15.9 Å². The first kappa shape index (κ1) is 13.4. The van der Waals surface area contributed by atoms with E-state index in [0.717, 1.165) is 24.7 Å². The maximum atomic E-state index is 12.7. The Bertz CT molecular complexity index is 273. The van der Waals surface area contributed by atoms with Gasteiger partial charge in [0.25, 0.3) is 0 Å². The van der Waals surface area contributed by atoms with Gasteiger partial charge in [0.2, 0.25) is 5.91 Å². The summed E-state index contributed by atoms with van der Waals surface area (Å²) in [5.74, 6) is 0.451. The predicted molar refractivity (Wildman–Crippen MR) is 74.3 cm³/mol. The van der Waals surface area contributed by atoms with Crippen LogP contribution < -0.4 is 0 Å². The molecule has 1 heterocycles. The second-order valence-electron chi connectivity index (χ2n) is 5.89. The Hall–Kier alpha value is -0.0500. The minimum absolute atomic E-state index is 0.0308. The number of carbonyl (C=O) groups excluding carboxylic acids is 1. The standard InChI is InChI=1S/C14H24BrNO/c1-14(8-2-3-9-14)13(17)16-11-5-7-12(16)6-4-10-15/h12H,2-11H2,1H3. The molecule has 1 aliphatic heterocycles. The van der Waals surface area contributed by atoms with Gasteiger partial charge in [-0.2, -0.15) is 0 Å². The van der Waals surface area contributed by atoms with Crippen molar-refractivity contribution in [2.75, 3.05) is 11.9 Å². The summed E-state index contributed by atoms with van der Waals surface area (Å²) in [6.45, 7) is 3.18. The van der Waals surface area contributed by atoms with Crippen LogP contribution in [0, 0.1) is 5.41 Å². The lowest BCUT2D eigenvalue weighted by Crippen LogP contribution is -2.43. The zero-order valence-corrected chi connectivity index (χ0v) is 12.5. The van der Waals surface area contributed by atoms with Crippen LogP contribution in [0.3, 0.4) is 0 Å². The average Bonchev–Trinajstić information content (AvgIpc) is 2.95. The molecule has 1 atom stereocenters. The van der Waals surface area contributed by atoms with Gasteiger partial charge in [0.15, 0.2) is 0 Å². The minimum Gasteiger partial charge on any atom is -0.339 e. The van der Waals surface area contributed by atoms with Crippen molar-refractivity contribution in [3.8, 4) is 0 Å². The second-order valence-corrected chi connectivity index (χ2v) is 6.69. The molecule has 1 amide bonds. The monoisotopic (exact) mass is 301 g/mol. The normalized spacial score (nSPS) is 27.6. The van der Waals surface area contributed by atoms with Crippen LogP contribution in [-0.2, 0) is 4.79 Å². The molecular weight excluding hydrogens is 278 g/mol. The number of halogens is 1. The van der Waals surface area contributed by atoms with Crippen molar-refractivity contribution in [2.45, 2.75) is 64.3 Å². The van der Waals surface area contributed by atoms with E-state index in [1.54, 1.807) is 0 Å². The number of hydrogen-bond acceptors (Lipinski definition) is 1. The van der Waals surface area contributed by atoms with Crippen LogP contribution in [0.4, 0.5) is 0 Å². The van der Waals surface area contributed by atoms with Crippen LogP contribution in [0.15, 0.2) is 0 Å². The number of amides is 1. The van der Waals surface area contributed by atoms with Crippen LogP contribution in [0.25, 0.3) is 0 Å². The lowest BCUT2D eigenvalue weighted by Gasteiger charge is -2.33. The number of carbonyl (C=O) groups is 1. The molecule has 0 spiro atoms. The Morgan fingerprint density at radius 1 is 1.35 bits per heavy atom. The Morgan fingerprint density at radius 2 is 2.06 bits per heavy atom. The molecule has 3 heteroatoms. The van der Waals surface area contributed by atoms with Gasteiger partial charge in [-0.05, 0) is 38.5 Å². The summed E-state index contributed by atoms with van der Waals surface area (Å²) in [5.41, 5.74) is -0.0308. The molecule has 0 N–H and O–H groups in total. The van der Waals surface area contributed by atoms with E-state index in [1.165, 1.54) is 38.5 Å². The van der Waals surface area contributed by atoms with Crippen molar-refractivity contribution < 1.29 is 4.79 Å². The van der Waals surface area contributed by atoms with Gasteiger partial charge in [-0.15, -0.1) is 0 Å². The van der Waals surface area contributed by atoms with Gasteiger partial charge in [0.1, 0.15) is 0 Å². The van der Waals surface area contributed by atoms with Crippen LogP contribution in [-0.4, -0.2) is 28.7 Å². The van der Waals surface area contributed by atoms with E-state index in [1.807, 2.05) is 0 Å². The van der Waals surface area contributed by atoms with E-state index >= 15 is 0 Å². The minimum atomic E-state index is -0.0308. The van der Waals surface area contributed by atoms with Crippen molar-refractivity contribution in [1.29, 1.82) is 0 Å². The van der Waals surface area contributed by atoms with Gasteiger partial charge in [-0.1, -0.05) is 35.7 Å². The molecule has 2 rings (SSSR count). The quantitative estimate of drug-likeness (QED) is 0.725. The highest BCUT2D eigenvalue weighted by atomic mass is 79.9.